The number of halogens is 1. The van der Waals surface area contributed by atoms with E-state index in [1.54, 1.807) is 17.8 Å². The summed E-state index contributed by atoms with van der Waals surface area (Å²) in [5, 5.41) is 16.8. The number of hydrogen-bond donors (Lipinski definition) is 2. The van der Waals surface area contributed by atoms with Crippen LogP contribution in [0.5, 0.6) is 0 Å². The Bertz CT molecular complexity index is 2450. The second-order valence-corrected chi connectivity index (χ2v) is 17.3. The third-order valence-electron chi connectivity index (χ3n) is 9.75. The molecular weight excluding hydrogens is 780 g/mol. The Hall–Kier alpha value is -5.25. The van der Waals surface area contributed by atoms with E-state index in [2.05, 4.69) is 54.1 Å². The minimum atomic E-state index is -4.27. The molecule has 0 aliphatic carbocycles. The van der Waals surface area contributed by atoms with Gasteiger partial charge in [0.25, 0.3) is 15.7 Å². The topological polar surface area (TPSA) is 137 Å². The molecule has 2 N–H and O–H groups in total. The van der Waals surface area contributed by atoms with Crippen molar-refractivity contribution in [3.8, 4) is 11.1 Å². The second kappa shape index (κ2) is 17.9. The number of anilines is 3. The van der Waals surface area contributed by atoms with E-state index in [1.165, 1.54) is 29.6 Å². The summed E-state index contributed by atoms with van der Waals surface area (Å²) >= 11 is 8.06. The SMILES string of the molecule is CN(C)CC(CSc1ccccc1)Nc1ccc(S(=O)(=O)Nc2ncnc3cc(N4CCN(Cc5cc(Cl)ccc5-c5ccccc5)CC4)ccc23)cc1[N+](=O)[O-]. The standard InChI is InChI=1S/C42H43ClN8O4S2/c1-48(2)27-33(28-56-35-11-7-4-8-12-35)46-39-18-15-36(25-41(39)51(52)53)57(54,55)47-42-38-17-14-34(24-40(38)44-29-45-42)50-21-19-49(20-22-50)26-31-23-32(43)13-16-37(31)30-9-5-3-6-10-30/h3-18,23-25,29,33,46H,19-22,26-28H2,1-2H3,(H,44,45,47). The van der Waals surface area contributed by atoms with Gasteiger partial charge in [-0.2, -0.15) is 0 Å². The molecule has 12 nitrogen and oxygen atoms in total. The van der Waals surface area contributed by atoms with E-state index in [0.717, 1.165) is 54.9 Å². The number of nitrogens with zero attached hydrogens (tertiary/aromatic N) is 6. The van der Waals surface area contributed by atoms with Crippen molar-refractivity contribution in [1.29, 1.82) is 0 Å². The van der Waals surface area contributed by atoms with Crippen molar-refractivity contribution >= 4 is 67.2 Å². The molecule has 0 spiro atoms. The van der Waals surface area contributed by atoms with Gasteiger partial charge in [0.15, 0.2) is 5.82 Å². The molecule has 1 fully saturated rings. The summed E-state index contributed by atoms with van der Waals surface area (Å²) in [4.78, 5) is 27.9. The second-order valence-electron chi connectivity index (χ2n) is 14.1. The summed E-state index contributed by atoms with van der Waals surface area (Å²) in [6, 6.07) is 35.7. The molecule has 2 heterocycles. The molecule has 15 heteroatoms. The molecule has 57 heavy (non-hydrogen) atoms. The molecule has 1 aliphatic heterocycles. The van der Waals surface area contributed by atoms with Gasteiger partial charge in [-0.05, 0) is 85.4 Å². The van der Waals surface area contributed by atoms with Crippen LogP contribution in [0.25, 0.3) is 22.0 Å². The fourth-order valence-corrected chi connectivity index (χ4v) is 9.15. The first-order valence-electron chi connectivity index (χ1n) is 18.5. The number of nitro groups is 1. The van der Waals surface area contributed by atoms with E-state index < -0.39 is 14.9 Å². The van der Waals surface area contributed by atoms with Gasteiger partial charge >= 0.3 is 0 Å². The Morgan fingerprint density at radius 2 is 1.63 bits per heavy atom. The minimum Gasteiger partial charge on any atom is -0.375 e. The minimum absolute atomic E-state index is 0.0842. The fraction of sp³-hybridized carbons (Fsp3) is 0.238. The number of likely N-dealkylation sites (N-methyl/N-ethyl adjacent to an activating group) is 1. The monoisotopic (exact) mass is 822 g/mol. The summed E-state index contributed by atoms with van der Waals surface area (Å²) in [6.07, 6.45) is 1.31. The zero-order valence-corrected chi connectivity index (χ0v) is 34.0. The number of sulfonamides is 1. The molecule has 0 saturated carbocycles. The Labute approximate surface area is 342 Å². The normalized spacial score (nSPS) is 14.1. The van der Waals surface area contributed by atoms with Crippen LogP contribution in [0.15, 0.2) is 131 Å². The molecule has 1 atom stereocenters. The van der Waals surface area contributed by atoms with E-state index in [4.69, 9.17) is 11.6 Å². The van der Waals surface area contributed by atoms with Gasteiger partial charge in [-0.15, -0.1) is 11.8 Å². The summed E-state index contributed by atoms with van der Waals surface area (Å²) in [5.74, 6) is 0.723. The molecule has 0 amide bonds. The van der Waals surface area contributed by atoms with Crippen molar-refractivity contribution in [2.75, 3.05) is 67.5 Å². The number of aromatic nitrogens is 2. The Morgan fingerprint density at radius 1 is 0.895 bits per heavy atom. The highest BCUT2D eigenvalue weighted by atomic mass is 35.5. The number of benzene rings is 5. The molecule has 1 unspecified atom stereocenters. The largest absolute Gasteiger partial charge is 0.375 e. The van der Waals surface area contributed by atoms with Gasteiger partial charge < -0.3 is 15.1 Å². The van der Waals surface area contributed by atoms with Crippen LogP contribution < -0.4 is 14.9 Å². The van der Waals surface area contributed by atoms with Crippen LogP contribution in [-0.4, -0.2) is 91.7 Å². The van der Waals surface area contributed by atoms with Crippen molar-refractivity contribution in [3.05, 3.63) is 142 Å². The van der Waals surface area contributed by atoms with Crippen LogP contribution >= 0.6 is 23.4 Å². The maximum Gasteiger partial charge on any atom is 0.293 e. The molecular formula is C42H43ClN8O4S2. The van der Waals surface area contributed by atoms with Crippen LogP contribution in [0.4, 0.5) is 22.9 Å². The van der Waals surface area contributed by atoms with Gasteiger partial charge in [0.1, 0.15) is 12.0 Å². The number of piperazine rings is 1. The first-order valence-corrected chi connectivity index (χ1v) is 21.3. The number of hydrogen-bond acceptors (Lipinski definition) is 11. The Morgan fingerprint density at radius 3 is 2.35 bits per heavy atom. The van der Waals surface area contributed by atoms with Crippen molar-refractivity contribution < 1.29 is 13.3 Å². The van der Waals surface area contributed by atoms with Crippen molar-refractivity contribution in [2.24, 2.45) is 0 Å². The zero-order valence-electron chi connectivity index (χ0n) is 31.6. The highest BCUT2D eigenvalue weighted by Crippen LogP contribution is 2.33. The van der Waals surface area contributed by atoms with E-state index >= 15 is 0 Å². The predicted octanol–water partition coefficient (Wildman–Crippen LogP) is 8.12. The summed E-state index contributed by atoms with van der Waals surface area (Å²) < 4.78 is 30.0. The Balaban J connectivity index is 1.03. The predicted molar refractivity (Wildman–Crippen MR) is 231 cm³/mol. The van der Waals surface area contributed by atoms with Crippen molar-refractivity contribution in [2.45, 2.75) is 22.4 Å². The van der Waals surface area contributed by atoms with Crippen LogP contribution in [0, 0.1) is 10.1 Å². The van der Waals surface area contributed by atoms with Crippen LogP contribution in [-0.2, 0) is 16.6 Å². The van der Waals surface area contributed by atoms with Gasteiger partial charge in [-0.25, -0.2) is 18.4 Å². The number of nitrogens with one attached hydrogen (secondary N) is 2. The summed E-state index contributed by atoms with van der Waals surface area (Å²) in [5.41, 5.74) is 4.95. The maximum absolute atomic E-state index is 13.7. The van der Waals surface area contributed by atoms with E-state index in [9.17, 15) is 18.5 Å². The lowest BCUT2D eigenvalue weighted by Gasteiger charge is -2.36. The fourth-order valence-electron chi connectivity index (χ4n) is 6.97. The van der Waals surface area contributed by atoms with Crippen LogP contribution in [0.3, 0.4) is 0 Å². The third-order valence-corrected chi connectivity index (χ3v) is 12.5. The molecule has 0 bridgehead atoms. The van der Waals surface area contributed by atoms with Gasteiger partial charge in [0, 0.05) is 78.1 Å². The van der Waals surface area contributed by atoms with E-state index in [0.29, 0.717) is 28.2 Å². The first-order chi connectivity index (χ1) is 27.5. The van der Waals surface area contributed by atoms with Crippen LogP contribution in [0.2, 0.25) is 5.02 Å². The molecule has 5 aromatic carbocycles. The van der Waals surface area contributed by atoms with E-state index in [1.807, 2.05) is 85.7 Å². The van der Waals surface area contributed by atoms with Gasteiger partial charge in [0.2, 0.25) is 0 Å². The summed E-state index contributed by atoms with van der Waals surface area (Å²) in [6.45, 7) is 4.66. The highest BCUT2D eigenvalue weighted by molar-refractivity contribution is 7.99. The zero-order chi connectivity index (χ0) is 39.9. The van der Waals surface area contributed by atoms with E-state index in [-0.39, 0.29) is 28.1 Å². The third kappa shape index (κ3) is 10.0. The highest BCUT2D eigenvalue weighted by Gasteiger charge is 2.25. The van der Waals surface area contributed by atoms with Gasteiger partial charge in [-0.1, -0.05) is 66.2 Å². The molecule has 1 aromatic heterocycles. The lowest BCUT2D eigenvalue weighted by molar-refractivity contribution is -0.384. The van der Waals surface area contributed by atoms with Gasteiger partial charge in [0.05, 0.1) is 15.3 Å². The average molecular weight is 823 g/mol. The number of nitro benzene ring substituents is 1. The molecule has 1 aliphatic rings. The van der Waals surface area contributed by atoms with Crippen molar-refractivity contribution in [1.82, 2.24) is 19.8 Å². The van der Waals surface area contributed by atoms with Crippen LogP contribution in [0.1, 0.15) is 5.56 Å². The Kier molecular flexibility index (Phi) is 12.6. The van der Waals surface area contributed by atoms with Crippen molar-refractivity contribution in [3.63, 3.8) is 0 Å². The first kappa shape index (κ1) is 40.0. The van der Waals surface area contributed by atoms with Gasteiger partial charge in [-0.3, -0.25) is 19.7 Å². The maximum atomic E-state index is 13.7. The molecule has 1 saturated heterocycles. The lowest BCUT2D eigenvalue weighted by Crippen LogP contribution is -2.46. The lowest BCUT2D eigenvalue weighted by atomic mass is 9.99. The quantitative estimate of drug-likeness (QED) is 0.0591. The molecule has 294 valence electrons. The molecule has 0 radical (unpaired) electrons. The number of thioether (sulfide) groups is 1. The molecule has 6 aromatic rings. The number of rotatable bonds is 15. The number of fused-ring (bicyclic) bond motifs is 1. The average Bonchev–Trinajstić information content (AvgIpc) is 3.20. The smallest absolute Gasteiger partial charge is 0.293 e. The molecule has 7 rings (SSSR count). The summed E-state index contributed by atoms with van der Waals surface area (Å²) in [7, 11) is -0.402.